The lowest BCUT2D eigenvalue weighted by Crippen LogP contribution is -2.33. The average Bonchev–Trinajstić information content (AvgIpc) is 3.01. The number of benzene rings is 2. The Bertz CT molecular complexity index is 932. The average molecular weight is 489 g/mol. The Morgan fingerprint density at radius 1 is 1.19 bits per heavy atom. The van der Waals surface area contributed by atoms with Crippen LogP contribution >= 0.6 is 51.3 Å². The maximum absolute atomic E-state index is 13.2. The number of halogens is 3. The summed E-state index contributed by atoms with van der Waals surface area (Å²) in [7, 11) is 4.05. The van der Waals surface area contributed by atoms with Crippen LogP contribution in [0.5, 0.6) is 0 Å². The van der Waals surface area contributed by atoms with Crippen LogP contribution in [0.4, 0.5) is 5.13 Å². The summed E-state index contributed by atoms with van der Waals surface area (Å²) in [4.78, 5) is 21.7. The van der Waals surface area contributed by atoms with Gasteiger partial charge in [0.25, 0.3) is 5.91 Å². The van der Waals surface area contributed by atoms with E-state index in [9.17, 15) is 4.79 Å². The fourth-order valence-electron chi connectivity index (χ4n) is 2.61. The first-order chi connectivity index (χ1) is 12.5. The normalized spacial score (nSPS) is 10.9. The van der Waals surface area contributed by atoms with E-state index in [1.807, 2.05) is 44.4 Å². The first kappa shape index (κ1) is 22.1. The SMILES string of the molecule is CN(C)CCCN(C(=O)c1ccccc1Cl)c1nc2ccc(Br)cc2s1.Cl. The van der Waals surface area contributed by atoms with Crippen molar-refractivity contribution in [1.29, 1.82) is 0 Å². The van der Waals surface area contributed by atoms with Gasteiger partial charge in [0.15, 0.2) is 5.13 Å². The number of amides is 1. The van der Waals surface area contributed by atoms with Crippen LogP contribution < -0.4 is 4.90 Å². The van der Waals surface area contributed by atoms with Gasteiger partial charge in [-0.15, -0.1) is 12.4 Å². The second-order valence-corrected chi connectivity index (χ2v) is 8.53. The van der Waals surface area contributed by atoms with Gasteiger partial charge in [-0.3, -0.25) is 9.69 Å². The summed E-state index contributed by atoms with van der Waals surface area (Å²) in [6, 6.07) is 13.1. The molecule has 3 aromatic rings. The number of carbonyl (C=O) groups is 1. The molecule has 0 bridgehead atoms. The van der Waals surface area contributed by atoms with Crippen molar-refractivity contribution in [3.8, 4) is 0 Å². The van der Waals surface area contributed by atoms with Crippen LogP contribution in [0.15, 0.2) is 46.9 Å². The van der Waals surface area contributed by atoms with Gasteiger partial charge in [-0.1, -0.05) is 51.0 Å². The molecule has 4 nitrogen and oxygen atoms in total. The van der Waals surface area contributed by atoms with Crippen LogP contribution in [0.2, 0.25) is 5.02 Å². The number of hydrogen-bond donors (Lipinski definition) is 0. The smallest absolute Gasteiger partial charge is 0.261 e. The van der Waals surface area contributed by atoms with Crippen LogP contribution in [-0.2, 0) is 0 Å². The third kappa shape index (κ3) is 5.42. The van der Waals surface area contributed by atoms with Gasteiger partial charge in [0.05, 0.1) is 20.8 Å². The van der Waals surface area contributed by atoms with Gasteiger partial charge in [0.2, 0.25) is 0 Å². The monoisotopic (exact) mass is 487 g/mol. The highest BCUT2D eigenvalue weighted by Crippen LogP contribution is 2.32. The Balaban J connectivity index is 0.00000261. The Morgan fingerprint density at radius 3 is 2.63 bits per heavy atom. The molecule has 0 radical (unpaired) electrons. The van der Waals surface area contributed by atoms with Gasteiger partial charge < -0.3 is 4.90 Å². The van der Waals surface area contributed by atoms with E-state index in [1.165, 1.54) is 11.3 Å². The van der Waals surface area contributed by atoms with Crippen LogP contribution in [0.3, 0.4) is 0 Å². The van der Waals surface area contributed by atoms with E-state index in [1.54, 1.807) is 17.0 Å². The molecule has 2 aromatic carbocycles. The minimum Gasteiger partial charge on any atom is -0.309 e. The molecule has 0 atom stereocenters. The minimum atomic E-state index is -0.118. The van der Waals surface area contributed by atoms with E-state index in [0.29, 0.717) is 22.3 Å². The fraction of sp³-hybridized carbons (Fsp3) is 0.263. The second kappa shape index (κ2) is 9.85. The highest BCUT2D eigenvalue weighted by Gasteiger charge is 2.22. The summed E-state index contributed by atoms with van der Waals surface area (Å²) >= 11 is 11.3. The summed E-state index contributed by atoms with van der Waals surface area (Å²) in [6.45, 7) is 1.48. The lowest BCUT2D eigenvalue weighted by Gasteiger charge is -2.21. The number of carbonyl (C=O) groups excluding carboxylic acids is 1. The van der Waals surface area contributed by atoms with Crippen molar-refractivity contribution in [1.82, 2.24) is 9.88 Å². The van der Waals surface area contributed by atoms with Crippen molar-refractivity contribution in [3.05, 3.63) is 57.5 Å². The van der Waals surface area contributed by atoms with Crippen molar-refractivity contribution in [2.45, 2.75) is 6.42 Å². The van der Waals surface area contributed by atoms with E-state index in [4.69, 9.17) is 11.6 Å². The first-order valence-corrected chi connectivity index (χ1v) is 10.2. The standard InChI is InChI=1S/C19H19BrClN3OS.ClH/c1-23(2)10-5-11-24(18(25)14-6-3-4-7-15(14)21)19-22-16-9-8-13(20)12-17(16)26-19;/h3-4,6-9,12H,5,10-11H2,1-2H3;1H. The van der Waals surface area contributed by atoms with Crippen molar-refractivity contribution < 1.29 is 4.79 Å². The van der Waals surface area contributed by atoms with Gasteiger partial charge >= 0.3 is 0 Å². The second-order valence-electron chi connectivity index (χ2n) is 6.20. The predicted octanol–water partition coefficient (Wildman–Crippen LogP) is 5.73. The van der Waals surface area contributed by atoms with Gasteiger partial charge in [-0.05, 0) is 57.4 Å². The van der Waals surface area contributed by atoms with E-state index < -0.39 is 0 Å². The van der Waals surface area contributed by atoms with Crippen LogP contribution in [0, 0.1) is 0 Å². The number of hydrogen-bond acceptors (Lipinski definition) is 4. The molecule has 1 aromatic heterocycles. The molecule has 144 valence electrons. The largest absolute Gasteiger partial charge is 0.309 e. The maximum Gasteiger partial charge on any atom is 0.261 e. The lowest BCUT2D eigenvalue weighted by atomic mass is 10.2. The summed E-state index contributed by atoms with van der Waals surface area (Å²) in [5, 5.41) is 1.15. The molecule has 0 saturated carbocycles. The number of fused-ring (bicyclic) bond motifs is 1. The fourth-order valence-corrected chi connectivity index (χ4v) is 4.37. The summed E-state index contributed by atoms with van der Waals surface area (Å²) in [5.74, 6) is -0.118. The molecule has 1 amide bonds. The predicted molar refractivity (Wildman–Crippen MR) is 121 cm³/mol. The van der Waals surface area contributed by atoms with E-state index in [2.05, 4.69) is 25.8 Å². The summed E-state index contributed by atoms with van der Waals surface area (Å²) in [5.41, 5.74) is 1.39. The summed E-state index contributed by atoms with van der Waals surface area (Å²) < 4.78 is 2.04. The number of thiazole rings is 1. The highest BCUT2D eigenvalue weighted by atomic mass is 79.9. The van der Waals surface area contributed by atoms with Crippen molar-refractivity contribution in [2.75, 3.05) is 32.1 Å². The van der Waals surface area contributed by atoms with Crippen LogP contribution in [0.1, 0.15) is 16.8 Å². The molecule has 0 aliphatic carbocycles. The lowest BCUT2D eigenvalue weighted by molar-refractivity contribution is 0.0986. The summed E-state index contributed by atoms with van der Waals surface area (Å²) in [6.07, 6.45) is 0.850. The molecule has 8 heteroatoms. The number of nitrogens with zero attached hydrogens (tertiary/aromatic N) is 3. The zero-order valence-electron chi connectivity index (χ0n) is 15.0. The van der Waals surface area contributed by atoms with Gasteiger partial charge in [0, 0.05) is 11.0 Å². The quantitative estimate of drug-likeness (QED) is 0.444. The molecule has 0 aliphatic heterocycles. The van der Waals surface area contributed by atoms with E-state index in [-0.39, 0.29) is 18.3 Å². The molecule has 1 heterocycles. The Kier molecular flexibility index (Phi) is 8.06. The minimum absolute atomic E-state index is 0. The van der Waals surface area contributed by atoms with Gasteiger partial charge in [-0.2, -0.15) is 0 Å². The Labute approximate surface area is 182 Å². The molecule has 0 saturated heterocycles. The Hall–Kier alpha value is -1.18. The third-order valence-corrected chi connectivity index (χ3v) is 5.77. The van der Waals surface area contributed by atoms with Gasteiger partial charge in [-0.25, -0.2) is 4.98 Å². The van der Waals surface area contributed by atoms with Gasteiger partial charge in [0.1, 0.15) is 0 Å². The van der Waals surface area contributed by atoms with Crippen LogP contribution in [-0.4, -0.2) is 43.0 Å². The number of rotatable bonds is 6. The van der Waals surface area contributed by atoms with E-state index in [0.717, 1.165) is 27.7 Å². The van der Waals surface area contributed by atoms with Crippen LogP contribution in [0.25, 0.3) is 10.2 Å². The van der Waals surface area contributed by atoms with Crippen molar-refractivity contribution in [3.63, 3.8) is 0 Å². The molecular formula is C19H20BrCl2N3OS. The molecule has 0 N–H and O–H groups in total. The zero-order valence-corrected chi connectivity index (χ0v) is 19.0. The molecule has 0 spiro atoms. The maximum atomic E-state index is 13.2. The first-order valence-electron chi connectivity index (χ1n) is 8.23. The molecule has 0 fully saturated rings. The Morgan fingerprint density at radius 2 is 1.93 bits per heavy atom. The molecule has 0 aliphatic rings. The topological polar surface area (TPSA) is 36.4 Å². The third-order valence-electron chi connectivity index (χ3n) is 3.91. The molecular weight excluding hydrogens is 469 g/mol. The molecule has 27 heavy (non-hydrogen) atoms. The molecule has 0 unspecified atom stereocenters. The number of aromatic nitrogens is 1. The highest BCUT2D eigenvalue weighted by molar-refractivity contribution is 9.10. The zero-order chi connectivity index (χ0) is 18.7. The van der Waals surface area contributed by atoms with Crippen molar-refractivity contribution >= 4 is 72.5 Å². The van der Waals surface area contributed by atoms with E-state index >= 15 is 0 Å². The van der Waals surface area contributed by atoms with Crippen molar-refractivity contribution in [2.24, 2.45) is 0 Å². The number of anilines is 1. The molecule has 3 rings (SSSR count).